The fourth-order valence-corrected chi connectivity index (χ4v) is 1.08. The minimum absolute atomic E-state index is 0.161. The molecule has 0 aliphatic rings. The molecule has 0 spiro atoms. The number of benzene rings is 1. The van der Waals surface area contributed by atoms with Crippen LogP contribution >= 0.6 is 0 Å². The summed E-state index contributed by atoms with van der Waals surface area (Å²) in [6, 6.07) is 7.89. The SMILES string of the molecule is Bc1ccc(CC(=O)OCC)cc1. The Hall–Kier alpha value is -1.25. The number of carbonyl (C=O) groups is 1. The van der Waals surface area contributed by atoms with Crippen LogP contribution in [0.25, 0.3) is 0 Å². The van der Waals surface area contributed by atoms with Gasteiger partial charge in [-0.1, -0.05) is 29.7 Å². The number of hydrogen-bond acceptors (Lipinski definition) is 2. The monoisotopic (exact) mass is 176 g/mol. The van der Waals surface area contributed by atoms with E-state index in [2.05, 4.69) is 0 Å². The van der Waals surface area contributed by atoms with E-state index in [1.165, 1.54) is 5.46 Å². The summed E-state index contributed by atoms with van der Waals surface area (Å²) < 4.78 is 4.84. The normalized spacial score (nSPS) is 9.62. The minimum atomic E-state index is -0.161. The van der Waals surface area contributed by atoms with Crippen LogP contribution in [0.15, 0.2) is 24.3 Å². The molecule has 0 heterocycles. The lowest BCUT2D eigenvalue weighted by Crippen LogP contribution is -2.08. The highest BCUT2D eigenvalue weighted by atomic mass is 16.5. The largest absolute Gasteiger partial charge is 0.466 e. The first kappa shape index (κ1) is 9.84. The molecular formula is C10H13BO2. The van der Waals surface area contributed by atoms with Crippen LogP contribution in [-0.4, -0.2) is 20.4 Å². The van der Waals surface area contributed by atoms with Crippen molar-refractivity contribution in [3.8, 4) is 0 Å². The van der Waals surface area contributed by atoms with Crippen molar-refractivity contribution in [2.75, 3.05) is 6.61 Å². The number of carbonyl (C=O) groups excluding carboxylic acids is 1. The third-order valence-electron chi connectivity index (χ3n) is 1.77. The quantitative estimate of drug-likeness (QED) is 0.480. The average molecular weight is 176 g/mol. The molecule has 0 unspecified atom stereocenters. The molecule has 0 N–H and O–H groups in total. The molecule has 0 aromatic heterocycles. The van der Waals surface area contributed by atoms with E-state index >= 15 is 0 Å². The fraction of sp³-hybridized carbons (Fsp3) is 0.300. The highest BCUT2D eigenvalue weighted by molar-refractivity contribution is 6.32. The maximum absolute atomic E-state index is 11.1. The van der Waals surface area contributed by atoms with Gasteiger partial charge in [0.25, 0.3) is 0 Å². The van der Waals surface area contributed by atoms with Gasteiger partial charge >= 0.3 is 5.97 Å². The number of esters is 1. The third-order valence-corrected chi connectivity index (χ3v) is 1.77. The molecule has 2 nitrogen and oxygen atoms in total. The standard InChI is InChI=1S/C10H13BO2/c1-2-13-10(12)7-8-3-5-9(11)6-4-8/h3-6H,2,7,11H2,1H3. The van der Waals surface area contributed by atoms with Gasteiger partial charge in [0.15, 0.2) is 0 Å². The minimum Gasteiger partial charge on any atom is -0.466 e. The highest BCUT2D eigenvalue weighted by Crippen LogP contribution is 1.99. The molecule has 3 heteroatoms. The topological polar surface area (TPSA) is 26.3 Å². The average Bonchev–Trinajstić information content (AvgIpc) is 2.09. The van der Waals surface area contributed by atoms with Gasteiger partial charge in [-0.25, -0.2) is 0 Å². The van der Waals surface area contributed by atoms with E-state index in [1.54, 1.807) is 0 Å². The number of hydrogen-bond donors (Lipinski definition) is 0. The molecule has 1 aromatic rings. The van der Waals surface area contributed by atoms with Crippen molar-refractivity contribution in [3.05, 3.63) is 29.8 Å². The lowest BCUT2D eigenvalue weighted by molar-refractivity contribution is -0.142. The second kappa shape index (κ2) is 4.70. The van der Waals surface area contributed by atoms with E-state index in [0.717, 1.165) is 5.56 Å². The van der Waals surface area contributed by atoms with Gasteiger partial charge in [0, 0.05) is 0 Å². The van der Waals surface area contributed by atoms with E-state index in [4.69, 9.17) is 4.74 Å². The fourth-order valence-electron chi connectivity index (χ4n) is 1.08. The molecule has 0 amide bonds. The molecular weight excluding hydrogens is 163 g/mol. The molecule has 0 atom stereocenters. The Labute approximate surface area is 79.3 Å². The molecule has 0 aliphatic carbocycles. The first-order valence-electron chi connectivity index (χ1n) is 4.43. The number of rotatable bonds is 3. The van der Waals surface area contributed by atoms with Crippen molar-refractivity contribution in [1.82, 2.24) is 0 Å². The molecule has 0 fully saturated rings. The van der Waals surface area contributed by atoms with Crippen LogP contribution in [0.2, 0.25) is 0 Å². The van der Waals surface area contributed by atoms with Gasteiger partial charge in [-0.2, -0.15) is 0 Å². The highest BCUT2D eigenvalue weighted by Gasteiger charge is 2.02. The number of ether oxygens (including phenoxy) is 1. The Balaban J connectivity index is 2.54. The van der Waals surface area contributed by atoms with Crippen molar-refractivity contribution in [1.29, 1.82) is 0 Å². The third kappa shape index (κ3) is 3.32. The van der Waals surface area contributed by atoms with Crippen molar-refractivity contribution in [2.24, 2.45) is 0 Å². The van der Waals surface area contributed by atoms with E-state index in [1.807, 2.05) is 39.0 Å². The van der Waals surface area contributed by atoms with Crippen LogP contribution in [0.4, 0.5) is 0 Å². The van der Waals surface area contributed by atoms with Crippen LogP contribution in [0.3, 0.4) is 0 Å². The summed E-state index contributed by atoms with van der Waals surface area (Å²) in [5.74, 6) is -0.161. The summed E-state index contributed by atoms with van der Waals surface area (Å²) in [4.78, 5) is 11.1. The molecule has 0 saturated carbocycles. The van der Waals surface area contributed by atoms with Gasteiger partial charge in [0.05, 0.1) is 13.0 Å². The summed E-state index contributed by atoms with van der Waals surface area (Å²) >= 11 is 0. The van der Waals surface area contributed by atoms with Crippen LogP contribution in [-0.2, 0) is 16.0 Å². The van der Waals surface area contributed by atoms with Crippen LogP contribution in [0.1, 0.15) is 12.5 Å². The predicted octanol–water partition coefficient (Wildman–Crippen LogP) is 0.0506. The Morgan fingerprint density at radius 2 is 2.00 bits per heavy atom. The second-order valence-electron chi connectivity index (χ2n) is 2.97. The molecule has 0 radical (unpaired) electrons. The Morgan fingerprint density at radius 3 is 2.54 bits per heavy atom. The zero-order valence-corrected chi connectivity index (χ0v) is 8.04. The summed E-state index contributed by atoms with van der Waals surface area (Å²) in [6.45, 7) is 2.26. The Kier molecular flexibility index (Phi) is 3.56. The predicted molar refractivity (Wildman–Crippen MR) is 55.0 cm³/mol. The lowest BCUT2D eigenvalue weighted by Gasteiger charge is -2.01. The van der Waals surface area contributed by atoms with Crippen LogP contribution < -0.4 is 5.46 Å². The second-order valence-corrected chi connectivity index (χ2v) is 2.97. The molecule has 68 valence electrons. The summed E-state index contributed by atoms with van der Waals surface area (Å²) in [5.41, 5.74) is 2.21. The zero-order chi connectivity index (χ0) is 9.68. The van der Waals surface area contributed by atoms with E-state index in [9.17, 15) is 4.79 Å². The van der Waals surface area contributed by atoms with E-state index in [0.29, 0.717) is 13.0 Å². The van der Waals surface area contributed by atoms with Gasteiger partial charge in [-0.05, 0) is 12.5 Å². The van der Waals surface area contributed by atoms with Crippen LogP contribution in [0, 0.1) is 0 Å². The van der Waals surface area contributed by atoms with Gasteiger partial charge < -0.3 is 4.74 Å². The van der Waals surface area contributed by atoms with Crippen LogP contribution in [0.5, 0.6) is 0 Å². The first-order valence-corrected chi connectivity index (χ1v) is 4.43. The maximum atomic E-state index is 11.1. The maximum Gasteiger partial charge on any atom is 0.310 e. The first-order chi connectivity index (χ1) is 6.22. The van der Waals surface area contributed by atoms with E-state index in [-0.39, 0.29) is 5.97 Å². The van der Waals surface area contributed by atoms with Gasteiger partial charge in [0.2, 0.25) is 0 Å². The molecule has 0 aliphatic heterocycles. The van der Waals surface area contributed by atoms with Gasteiger partial charge in [-0.15, -0.1) is 0 Å². The smallest absolute Gasteiger partial charge is 0.310 e. The Bertz CT molecular complexity index is 279. The molecule has 13 heavy (non-hydrogen) atoms. The van der Waals surface area contributed by atoms with Crippen molar-refractivity contribution < 1.29 is 9.53 Å². The summed E-state index contributed by atoms with van der Waals surface area (Å²) in [7, 11) is 2.02. The van der Waals surface area contributed by atoms with Gasteiger partial charge in [0.1, 0.15) is 7.85 Å². The summed E-state index contributed by atoms with van der Waals surface area (Å²) in [6.07, 6.45) is 0.369. The molecule has 1 rings (SSSR count). The van der Waals surface area contributed by atoms with Crippen molar-refractivity contribution >= 4 is 19.3 Å². The van der Waals surface area contributed by atoms with Crippen molar-refractivity contribution in [3.63, 3.8) is 0 Å². The molecule has 0 bridgehead atoms. The molecule has 1 aromatic carbocycles. The lowest BCUT2D eigenvalue weighted by atomic mass is 9.95. The molecule has 0 saturated heterocycles. The van der Waals surface area contributed by atoms with E-state index < -0.39 is 0 Å². The van der Waals surface area contributed by atoms with Gasteiger partial charge in [-0.3, -0.25) is 4.79 Å². The van der Waals surface area contributed by atoms with Crippen molar-refractivity contribution in [2.45, 2.75) is 13.3 Å². The zero-order valence-electron chi connectivity index (χ0n) is 8.04. The summed E-state index contributed by atoms with van der Waals surface area (Å²) in [5, 5.41) is 0. The Morgan fingerprint density at radius 1 is 1.38 bits per heavy atom.